The molecule has 1 aliphatic heterocycles. The van der Waals surface area contributed by atoms with Gasteiger partial charge < -0.3 is 5.32 Å². The van der Waals surface area contributed by atoms with Gasteiger partial charge in [0.25, 0.3) is 0 Å². The maximum Gasteiger partial charge on any atom is 0.211 e. The van der Waals surface area contributed by atoms with Gasteiger partial charge in [-0.2, -0.15) is 0 Å². The summed E-state index contributed by atoms with van der Waals surface area (Å²) >= 11 is 0. The highest BCUT2D eigenvalue weighted by molar-refractivity contribution is 7.88. The summed E-state index contributed by atoms with van der Waals surface area (Å²) in [6, 6.07) is 0. The first-order valence-corrected chi connectivity index (χ1v) is 9.46. The maximum absolute atomic E-state index is 11.6. The van der Waals surface area contributed by atoms with Crippen molar-refractivity contribution in [1.82, 2.24) is 9.62 Å². The largest absolute Gasteiger partial charge is 0.316 e. The third kappa shape index (κ3) is 4.72. The molecule has 0 radical (unpaired) electrons. The molecule has 19 heavy (non-hydrogen) atoms. The predicted molar refractivity (Wildman–Crippen MR) is 78.5 cm³/mol. The first kappa shape index (κ1) is 15.3. The first-order chi connectivity index (χ1) is 8.95. The molecule has 0 aromatic heterocycles. The van der Waals surface area contributed by atoms with Gasteiger partial charge in [-0.3, -0.25) is 0 Å². The Morgan fingerprint density at radius 1 is 1.16 bits per heavy atom. The number of sulfonamides is 1. The molecule has 2 rings (SSSR count). The van der Waals surface area contributed by atoms with Crippen LogP contribution in [0.1, 0.15) is 39.0 Å². The van der Waals surface area contributed by atoms with E-state index in [1.54, 1.807) is 4.31 Å². The van der Waals surface area contributed by atoms with Crippen LogP contribution >= 0.6 is 0 Å². The van der Waals surface area contributed by atoms with E-state index in [-0.39, 0.29) is 0 Å². The Hall–Kier alpha value is -0.130. The number of nitrogens with zero attached hydrogens (tertiary/aromatic N) is 1. The molecule has 2 fully saturated rings. The normalized spacial score (nSPS) is 33.7. The average Bonchev–Trinajstić information content (AvgIpc) is 2.74. The van der Waals surface area contributed by atoms with Gasteiger partial charge in [0.1, 0.15) is 0 Å². The molecule has 1 aliphatic carbocycles. The molecule has 0 spiro atoms. The Kier molecular flexibility index (Phi) is 5.26. The average molecular weight is 288 g/mol. The van der Waals surface area contributed by atoms with E-state index in [0.29, 0.717) is 19.0 Å². The molecule has 3 unspecified atom stereocenters. The van der Waals surface area contributed by atoms with Crippen molar-refractivity contribution in [3.8, 4) is 0 Å². The predicted octanol–water partition coefficient (Wildman–Crippen LogP) is 1.68. The van der Waals surface area contributed by atoms with Gasteiger partial charge in [0, 0.05) is 13.1 Å². The second kappa shape index (κ2) is 6.55. The van der Waals surface area contributed by atoms with E-state index < -0.39 is 10.0 Å². The minimum Gasteiger partial charge on any atom is -0.316 e. The van der Waals surface area contributed by atoms with Gasteiger partial charge in [0.05, 0.1) is 6.26 Å². The zero-order chi connectivity index (χ0) is 13.9. The molecule has 3 atom stereocenters. The highest BCUT2D eigenvalue weighted by Crippen LogP contribution is 2.29. The Morgan fingerprint density at radius 2 is 1.89 bits per heavy atom. The summed E-state index contributed by atoms with van der Waals surface area (Å²) in [4.78, 5) is 0. The van der Waals surface area contributed by atoms with E-state index in [0.717, 1.165) is 37.8 Å². The van der Waals surface area contributed by atoms with Gasteiger partial charge in [-0.25, -0.2) is 12.7 Å². The van der Waals surface area contributed by atoms with E-state index in [9.17, 15) is 8.42 Å². The molecule has 1 N–H and O–H groups in total. The Bertz CT molecular complexity index is 383. The van der Waals surface area contributed by atoms with Crippen LogP contribution in [0.4, 0.5) is 0 Å². The van der Waals surface area contributed by atoms with Gasteiger partial charge in [0.15, 0.2) is 0 Å². The summed E-state index contributed by atoms with van der Waals surface area (Å²) in [6.45, 7) is 5.82. The molecule has 2 aliphatic rings. The zero-order valence-corrected chi connectivity index (χ0v) is 13.1. The van der Waals surface area contributed by atoms with Crippen molar-refractivity contribution in [3.05, 3.63) is 0 Å². The molecule has 1 heterocycles. The van der Waals surface area contributed by atoms with E-state index in [1.807, 2.05) is 0 Å². The fourth-order valence-electron chi connectivity index (χ4n) is 3.50. The van der Waals surface area contributed by atoms with Crippen LogP contribution in [-0.2, 0) is 10.0 Å². The maximum atomic E-state index is 11.6. The lowest BCUT2D eigenvalue weighted by Crippen LogP contribution is -2.42. The van der Waals surface area contributed by atoms with Gasteiger partial charge in [-0.1, -0.05) is 13.3 Å². The van der Waals surface area contributed by atoms with Crippen molar-refractivity contribution >= 4 is 10.0 Å². The summed E-state index contributed by atoms with van der Waals surface area (Å²) in [5, 5.41) is 3.57. The van der Waals surface area contributed by atoms with Crippen molar-refractivity contribution < 1.29 is 8.42 Å². The van der Waals surface area contributed by atoms with E-state index in [2.05, 4.69) is 12.2 Å². The van der Waals surface area contributed by atoms with E-state index >= 15 is 0 Å². The van der Waals surface area contributed by atoms with Gasteiger partial charge in [0.2, 0.25) is 10.0 Å². The van der Waals surface area contributed by atoms with Crippen LogP contribution in [0, 0.1) is 17.8 Å². The van der Waals surface area contributed by atoms with Crippen molar-refractivity contribution in [2.75, 3.05) is 32.4 Å². The molecule has 0 bridgehead atoms. The van der Waals surface area contributed by atoms with Crippen LogP contribution in [-0.4, -0.2) is 45.2 Å². The highest BCUT2D eigenvalue weighted by atomic mass is 32.2. The Balaban J connectivity index is 1.68. The van der Waals surface area contributed by atoms with E-state index in [1.165, 1.54) is 25.5 Å². The molecule has 0 aromatic rings. The van der Waals surface area contributed by atoms with Gasteiger partial charge in [-0.05, 0) is 56.5 Å². The molecule has 1 saturated heterocycles. The van der Waals surface area contributed by atoms with E-state index in [4.69, 9.17) is 0 Å². The van der Waals surface area contributed by atoms with Crippen molar-refractivity contribution in [1.29, 1.82) is 0 Å². The van der Waals surface area contributed by atoms with Crippen molar-refractivity contribution in [3.63, 3.8) is 0 Å². The third-order valence-corrected chi connectivity index (χ3v) is 5.89. The van der Waals surface area contributed by atoms with Crippen molar-refractivity contribution in [2.45, 2.75) is 39.0 Å². The third-order valence-electron chi connectivity index (χ3n) is 4.62. The lowest BCUT2D eigenvalue weighted by molar-refractivity contribution is 0.258. The van der Waals surface area contributed by atoms with Gasteiger partial charge >= 0.3 is 0 Å². The number of rotatable bonds is 5. The van der Waals surface area contributed by atoms with Crippen LogP contribution in [0.25, 0.3) is 0 Å². The number of hydrogen-bond donors (Lipinski definition) is 1. The summed E-state index contributed by atoms with van der Waals surface area (Å²) in [5.41, 5.74) is 0. The smallest absolute Gasteiger partial charge is 0.211 e. The molecular formula is C14H28N2O2S. The topological polar surface area (TPSA) is 49.4 Å². The molecule has 0 amide bonds. The zero-order valence-electron chi connectivity index (χ0n) is 12.3. The number of hydrogen-bond acceptors (Lipinski definition) is 3. The van der Waals surface area contributed by atoms with Crippen LogP contribution in [0.2, 0.25) is 0 Å². The molecule has 0 aromatic carbocycles. The second-order valence-corrected chi connectivity index (χ2v) is 8.55. The fraction of sp³-hybridized carbons (Fsp3) is 1.00. The molecule has 5 heteroatoms. The molecule has 112 valence electrons. The summed E-state index contributed by atoms with van der Waals surface area (Å²) in [5.74, 6) is 2.22. The second-order valence-electron chi connectivity index (χ2n) is 6.57. The van der Waals surface area contributed by atoms with Crippen LogP contribution < -0.4 is 5.32 Å². The molecular weight excluding hydrogens is 260 g/mol. The minimum atomic E-state index is -3.00. The number of piperidine rings is 1. The Labute approximate surface area is 118 Å². The lowest BCUT2D eigenvalue weighted by Gasteiger charge is -2.31. The SMILES string of the molecule is CC1CCC(CNCC2CCCN(S(C)(=O)=O)C2)C1. The number of nitrogens with one attached hydrogen (secondary N) is 1. The van der Waals surface area contributed by atoms with Crippen molar-refractivity contribution in [2.24, 2.45) is 17.8 Å². The minimum absolute atomic E-state index is 0.488. The Morgan fingerprint density at radius 3 is 2.53 bits per heavy atom. The lowest BCUT2D eigenvalue weighted by atomic mass is 9.99. The summed E-state index contributed by atoms with van der Waals surface area (Å²) in [7, 11) is -3.00. The van der Waals surface area contributed by atoms with Crippen LogP contribution in [0.5, 0.6) is 0 Å². The van der Waals surface area contributed by atoms with Crippen LogP contribution in [0.15, 0.2) is 0 Å². The quantitative estimate of drug-likeness (QED) is 0.837. The monoisotopic (exact) mass is 288 g/mol. The molecule has 1 saturated carbocycles. The fourth-order valence-corrected chi connectivity index (χ4v) is 4.44. The van der Waals surface area contributed by atoms with Gasteiger partial charge in [-0.15, -0.1) is 0 Å². The first-order valence-electron chi connectivity index (χ1n) is 7.61. The highest BCUT2D eigenvalue weighted by Gasteiger charge is 2.26. The standard InChI is InChI=1S/C14H28N2O2S/c1-12-5-6-13(8-12)9-15-10-14-4-3-7-16(11-14)19(2,17)18/h12-15H,3-11H2,1-2H3. The molecule has 4 nitrogen and oxygen atoms in total. The van der Waals surface area contributed by atoms with Crippen LogP contribution in [0.3, 0.4) is 0 Å². The summed E-state index contributed by atoms with van der Waals surface area (Å²) < 4.78 is 24.8. The summed E-state index contributed by atoms with van der Waals surface area (Å²) in [6.07, 6.45) is 7.56.